The zero-order valence-corrected chi connectivity index (χ0v) is 13.2. The predicted octanol–water partition coefficient (Wildman–Crippen LogP) is 2.21. The van der Waals surface area contributed by atoms with E-state index in [0.29, 0.717) is 18.0 Å². The summed E-state index contributed by atoms with van der Waals surface area (Å²) in [5.41, 5.74) is 3.89. The van der Waals surface area contributed by atoms with E-state index in [2.05, 4.69) is 30.1 Å². The lowest BCUT2D eigenvalue weighted by molar-refractivity contribution is 0.0805. The third-order valence-corrected chi connectivity index (χ3v) is 5.27. The van der Waals surface area contributed by atoms with Crippen LogP contribution in [0.4, 0.5) is 5.82 Å². The molecule has 114 valence electrons. The molecule has 1 unspecified atom stereocenters. The van der Waals surface area contributed by atoms with Gasteiger partial charge in [0.1, 0.15) is 11.9 Å². The lowest BCUT2D eigenvalue weighted by Crippen LogP contribution is -2.55. The van der Waals surface area contributed by atoms with E-state index in [4.69, 9.17) is 9.72 Å². The number of anilines is 1. The molecule has 21 heavy (non-hydrogen) atoms. The highest BCUT2D eigenvalue weighted by Crippen LogP contribution is 2.45. The van der Waals surface area contributed by atoms with Crippen LogP contribution >= 0.6 is 0 Å². The van der Waals surface area contributed by atoms with E-state index in [9.17, 15) is 0 Å². The molecular formula is C17H25N3O. The van der Waals surface area contributed by atoms with Crippen LogP contribution in [0.3, 0.4) is 0 Å². The van der Waals surface area contributed by atoms with Crippen molar-refractivity contribution >= 4 is 5.82 Å². The molecule has 1 aromatic heterocycles. The number of piperazine rings is 1. The summed E-state index contributed by atoms with van der Waals surface area (Å²) in [6.07, 6.45) is 3.88. The van der Waals surface area contributed by atoms with Gasteiger partial charge in [-0.05, 0) is 50.2 Å². The SMILES string of the molecule is COC(c1nc2c(cc1C)C[C@@H]1CNC[C@@H](C)N21)C1CC1. The summed E-state index contributed by atoms with van der Waals surface area (Å²) >= 11 is 0. The van der Waals surface area contributed by atoms with Crippen molar-refractivity contribution in [3.8, 4) is 0 Å². The third kappa shape index (κ3) is 2.16. The molecule has 1 saturated carbocycles. The monoisotopic (exact) mass is 287 g/mol. The van der Waals surface area contributed by atoms with Gasteiger partial charge in [0.05, 0.1) is 5.69 Å². The van der Waals surface area contributed by atoms with Gasteiger partial charge in [0.25, 0.3) is 0 Å². The molecule has 0 bridgehead atoms. The number of rotatable bonds is 3. The summed E-state index contributed by atoms with van der Waals surface area (Å²) in [5.74, 6) is 1.90. The fourth-order valence-electron chi connectivity index (χ4n) is 4.08. The first-order valence-electron chi connectivity index (χ1n) is 8.21. The van der Waals surface area contributed by atoms with E-state index in [-0.39, 0.29) is 6.10 Å². The van der Waals surface area contributed by atoms with Crippen LogP contribution in [0.2, 0.25) is 0 Å². The Morgan fingerprint density at radius 3 is 2.90 bits per heavy atom. The Morgan fingerprint density at radius 1 is 1.38 bits per heavy atom. The molecule has 0 radical (unpaired) electrons. The van der Waals surface area contributed by atoms with Crippen molar-refractivity contribution in [1.82, 2.24) is 10.3 Å². The molecular weight excluding hydrogens is 262 g/mol. The maximum absolute atomic E-state index is 5.77. The molecule has 3 heterocycles. The topological polar surface area (TPSA) is 37.4 Å². The van der Waals surface area contributed by atoms with E-state index >= 15 is 0 Å². The van der Waals surface area contributed by atoms with Gasteiger partial charge in [0.15, 0.2) is 0 Å². The minimum Gasteiger partial charge on any atom is -0.375 e. The molecule has 3 aliphatic rings. The molecule has 1 saturated heterocycles. The Balaban J connectivity index is 1.74. The fraction of sp³-hybridized carbons (Fsp3) is 0.706. The summed E-state index contributed by atoms with van der Waals surface area (Å²) in [5, 5.41) is 3.54. The zero-order valence-electron chi connectivity index (χ0n) is 13.2. The van der Waals surface area contributed by atoms with Gasteiger partial charge in [-0.3, -0.25) is 0 Å². The molecule has 4 heteroatoms. The first kappa shape index (κ1) is 13.5. The highest BCUT2D eigenvalue weighted by Gasteiger charge is 2.39. The van der Waals surface area contributed by atoms with Crippen molar-refractivity contribution in [2.24, 2.45) is 5.92 Å². The highest BCUT2D eigenvalue weighted by molar-refractivity contribution is 5.57. The van der Waals surface area contributed by atoms with Crippen LogP contribution < -0.4 is 10.2 Å². The molecule has 1 aromatic rings. The van der Waals surface area contributed by atoms with Crippen molar-refractivity contribution in [1.29, 1.82) is 0 Å². The van der Waals surface area contributed by atoms with E-state index in [1.54, 1.807) is 0 Å². The van der Waals surface area contributed by atoms with Crippen molar-refractivity contribution in [2.45, 2.75) is 51.3 Å². The van der Waals surface area contributed by atoms with Gasteiger partial charge in [0.2, 0.25) is 0 Å². The number of hydrogen-bond acceptors (Lipinski definition) is 4. The van der Waals surface area contributed by atoms with Crippen molar-refractivity contribution in [2.75, 3.05) is 25.1 Å². The lowest BCUT2D eigenvalue weighted by Gasteiger charge is -2.38. The maximum atomic E-state index is 5.77. The quantitative estimate of drug-likeness (QED) is 0.925. The van der Waals surface area contributed by atoms with Gasteiger partial charge >= 0.3 is 0 Å². The number of fused-ring (bicyclic) bond motifs is 3. The van der Waals surface area contributed by atoms with Gasteiger partial charge in [-0.1, -0.05) is 6.07 Å². The molecule has 2 aliphatic heterocycles. The molecule has 1 N–H and O–H groups in total. The smallest absolute Gasteiger partial charge is 0.132 e. The predicted molar refractivity (Wildman–Crippen MR) is 83.8 cm³/mol. The third-order valence-electron chi connectivity index (χ3n) is 5.27. The molecule has 0 aromatic carbocycles. The summed E-state index contributed by atoms with van der Waals surface area (Å²) in [7, 11) is 1.83. The van der Waals surface area contributed by atoms with Crippen molar-refractivity contribution in [3.63, 3.8) is 0 Å². The normalized spacial score (nSPS) is 29.2. The molecule has 4 nitrogen and oxygen atoms in total. The number of aryl methyl sites for hydroxylation is 1. The minimum atomic E-state index is 0.188. The van der Waals surface area contributed by atoms with Crippen LogP contribution in [0.5, 0.6) is 0 Å². The number of ether oxygens (including phenoxy) is 1. The summed E-state index contributed by atoms with van der Waals surface area (Å²) in [4.78, 5) is 7.63. The van der Waals surface area contributed by atoms with Crippen molar-refractivity contribution < 1.29 is 4.74 Å². The zero-order chi connectivity index (χ0) is 14.6. The summed E-state index contributed by atoms with van der Waals surface area (Å²) < 4.78 is 5.77. The van der Waals surface area contributed by atoms with Crippen LogP contribution in [0.25, 0.3) is 0 Å². The van der Waals surface area contributed by atoms with Gasteiger partial charge in [0, 0.05) is 32.3 Å². The first-order valence-corrected chi connectivity index (χ1v) is 8.21. The van der Waals surface area contributed by atoms with Crippen LogP contribution in [0.15, 0.2) is 6.07 Å². The Hall–Kier alpha value is -1.13. The Bertz CT molecular complexity index is 555. The van der Waals surface area contributed by atoms with Gasteiger partial charge in [-0.2, -0.15) is 0 Å². The van der Waals surface area contributed by atoms with Gasteiger partial charge in [-0.25, -0.2) is 4.98 Å². The molecule has 0 amide bonds. The maximum Gasteiger partial charge on any atom is 0.132 e. The minimum absolute atomic E-state index is 0.188. The van der Waals surface area contributed by atoms with Crippen molar-refractivity contribution in [3.05, 3.63) is 22.9 Å². The van der Waals surface area contributed by atoms with Crippen LogP contribution in [0, 0.1) is 12.8 Å². The first-order chi connectivity index (χ1) is 10.2. The molecule has 4 rings (SSSR count). The molecule has 0 spiro atoms. The number of nitrogens with zero attached hydrogens (tertiary/aromatic N) is 2. The number of methoxy groups -OCH3 is 1. The van der Waals surface area contributed by atoms with E-state index < -0.39 is 0 Å². The highest BCUT2D eigenvalue weighted by atomic mass is 16.5. The van der Waals surface area contributed by atoms with Crippen LogP contribution in [-0.2, 0) is 11.2 Å². The van der Waals surface area contributed by atoms with E-state index in [0.717, 1.165) is 19.5 Å². The number of nitrogens with one attached hydrogen (secondary N) is 1. The number of aromatic nitrogens is 1. The van der Waals surface area contributed by atoms with Gasteiger partial charge in [-0.15, -0.1) is 0 Å². The second kappa shape index (κ2) is 4.96. The molecule has 1 aliphatic carbocycles. The lowest BCUT2D eigenvalue weighted by atomic mass is 10.0. The summed E-state index contributed by atoms with van der Waals surface area (Å²) in [6, 6.07) is 3.46. The van der Waals surface area contributed by atoms with Crippen LogP contribution in [0.1, 0.15) is 42.7 Å². The number of pyridine rings is 1. The molecule has 3 atom stereocenters. The Labute approximate surface area is 126 Å². The standard InChI is InChI=1S/C17H25N3O/c1-10-6-13-7-14-9-18-8-11(2)20(14)17(13)19-15(10)16(21-3)12-4-5-12/h6,11-12,14,16,18H,4-5,7-9H2,1-3H3/t11-,14-,16?/m1/s1. The number of hydrogen-bond donors (Lipinski definition) is 1. The van der Waals surface area contributed by atoms with E-state index in [1.807, 2.05) is 7.11 Å². The summed E-state index contributed by atoms with van der Waals surface area (Å²) in [6.45, 7) is 6.61. The second-order valence-electron chi connectivity index (χ2n) is 6.94. The van der Waals surface area contributed by atoms with E-state index in [1.165, 1.54) is 35.5 Å². The Morgan fingerprint density at radius 2 is 2.19 bits per heavy atom. The van der Waals surface area contributed by atoms with Gasteiger partial charge < -0.3 is 15.0 Å². The average Bonchev–Trinajstić information content (AvgIpc) is 3.22. The largest absolute Gasteiger partial charge is 0.375 e. The Kier molecular flexibility index (Phi) is 3.19. The average molecular weight is 287 g/mol. The van der Waals surface area contributed by atoms with Crippen LogP contribution in [-0.4, -0.2) is 37.3 Å². The molecule has 2 fully saturated rings. The second-order valence-corrected chi connectivity index (χ2v) is 6.94. The fourth-order valence-corrected chi connectivity index (χ4v) is 4.08.